The number of nitrogens with zero attached hydrogens (tertiary/aromatic N) is 5. The number of aromatic nitrogens is 4. The van der Waals surface area contributed by atoms with Crippen LogP contribution in [-0.4, -0.2) is 55.5 Å². The second-order valence-electron chi connectivity index (χ2n) is 7.60. The number of amides is 1. The minimum Gasteiger partial charge on any atom is -0.465 e. The molecule has 0 saturated carbocycles. The van der Waals surface area contributed by atoms with Gasteiger partial charge in [-0.1, -0.05) is 11.8 Å². The summed E-state index contributed by atoms with van der Waals surface area (Å²) in [6.07, 6.45) is 3.25. The maximum Gasteiger partial charge on any atom is 0.407 e. The van der Waals surface area contributed by atoms with E-state index in [4.69, 9.17) is 25.3 Å². The van der Waals surface area contributed by atoms with Gasteiger partial charge in [-0.15, -0.1) is 0 Å². The molecular formula is C20H22N6O4S. The molecule has 2 aliphatic rings. The molecule has 0 spiro atoms. The fraction of sp³-hybridized carbons (Fsp3) is 0.400. The summed E-state index contributed by atoms with van der Waals surface area (Å²) < 4.78 is 13.0. The number of nitrogen functional groups attached to an aromatic ring is 1. The molecule has 2 aliphatic heterocycles. The van der Waals surface area contributed by atoms with Gasteiger partial charge in [0.15, 0.2) is 33.6 Å². The zero-order valence-corrected chi connectivity index (χ0v) is 17.5. The second kappa shape index (κ2) is 8.14. The summed E-state index contributed by atoms with van der Waals surface area (Å²) in [5.74, 6) is 2.26. The molecule has 1 aromatic carbocycles. The Morgan fingerprint density at radius 1 is 1.23 bits per heavy atom. The van der Waals surface area contributed by atoms with E-state index in [9.17, 15) is 4.79 Å². The monoisotopic (exact) mass is 442 g/mol. The molecule has 5 rings (SSSR count). The minimum absolute atomic E-state index is 0.231. The SMILES string of the molecule is Nc1ncnc2c1nc(Sc1ccc3c(c1)OCO3)n2CCC1CCN(C(=O)O)CC1. The van der Waals surface area contributed by atoms with Crippen LogP contribution in [0.5, 0.6) is 11.5 Å². The number of rotatable bonds is 5. The van der Waals surface area contributed by atoms with Crippen LogP contribution in [0.1, 0.15) is 19.3 Å². The largest absolute Gasteiger partial charge is 0.465 e. The van der Waals surface area contributed by atoms with Gasteiger partial charge in [-0.05, 0) is 43.4 Å². The molecule has 162 valence electrons. The Morgan fingerprint density at radius 2 is 2.03 bits per heavy atom. The Bertz CT molecular complexity index is 1130. The number of carboxylic acid groups (broad SMARTS) is 1. The first-order valence-electron chi connectivity index (χ1n) is 10.1. The lowest BCUT2D eigenvalue weighted by molar-refractivity contribution is 0.122. The molecule has 4 heterocycles. The lowest BCUT2D eigenvalue weighted by Gasteiger charge is -2.30. The molecule has 3 aromatic rings. The summed E-state index contributed by atoms with van der Waals surface area (Å²) in [5, 5.41) is 9.93. The van der Waals surface area contributed by atoms with Gasteiger partial charge in [0.05, 0.1) is 0 Å². The number of benzene rings is 1. The molecule has 10 nitrogen and oxygen atoms in total. The molecule has 0 unspecified atom stereocenters. The number of anilines is 1. The average molecular weight is 443 g/mol. The van der Waals surface area contributed by atoms with Crippen LogP contribution in [0.25, 0.3) is 11.2 Å². The smallest absolute Gasteiger partial charge is 0.407 e. The van der Waals surface area contributed by atoms with Gasteiger partial charge in [0.2, 0.25) is 6.79 Å². The third-order valence-electron chi connectivity index (χ3n) is 5.72. The Balaban J connectivity index is 1.38. The van der Waals surface area contributed by atoms with Crippen LogP contribution in [0.15, 0.2) is 34.6 Å². The fourth-order valence-corrected chi connectivity index (χ4v) is 4.92. The molecule has 0 bridgehead atoms. The van der Waals surface area contributed by atoms with Crippen molar-refractivity contribution in [3.8, 4) is 11.5 Å². The average Bonchev–Trinajstić information content (AvgIpc) is 3.37. The highest BCUT2D eigenvalue weighted by Gasteiger charge is 2.24. The van der Waals surface area contributed by atoms with Gasteiger partial charge < -0.3 is 29.8 Å². The number of fused-ring (bicyclic) bond motifs is 2. The van der Waals surface area contributed by atoms with E-state index in [-0.39, 0.29) is 6.79 Å². The first-order valence-corrected chi connectivity index (χ1v) is 10.9. The molecule has 31 heavy (non-hydrogen) atoms. The van der Waals surface area contributed by atoms with Gasteiger partial charge in [0, 0.05) is 24.5 Å². The maximum absolute atomic E-state index is 11.1. The van der Waals surface area contributed by atoms with Gasteiger partial charge in [0.1, 0.15) is 6.33 Å². The van der Waals surface area contributed by atoms with Crippen molar-refractivity contribution in [3.63, 3.8) is 0 Å². The van der Waals surface area contributed by atoms with E-state index in [1.165, 1.54) is 23.0 Å². The molecule has 0 radical (unpaired) electrons. The summed E-state index contributed by atoms with van der Waals surface area (Å²) in [5.41, 5.74) is 7.35. The normalized spacial score (nSPS) is 16.2. The Hall–Kier alpha value is -3.21. The fourth-order valence-electron chi connectivity index (χ4n) is 3.98. The maximum atomic E-state index is 11.1. The zero-order valence-electron chi connectivity index (χ0n) is 16.7. The third-order valence-corrected chi connectivity index (χ3v) is 6.71. The number of ether oxygens (including phenoxy) is 2. The molecule has 1 fully saturated rings. The summed E-state index contributed by atoms with van der Waals surface area (Å²) >= 11 is 1.51. The topological polar surface area (TPSA) is 129 Å². The van der Waals surface area contributed by atoms with Crippen molar-refractivity contribution in [1.29, 1.82) is 0 Å². The number of aryl methyl sites for hydroxylation is 1. The molecule has 11 heteroatoms. The van der Waals surface area contributed by atoms with Gasteiger partial charge in [-0.3, -0.25) is 0 Å². The van der Waals surface area contributed by atoms with Crippen molar-refractivity contribution in [2.45, 2.75) is 35.9 Å². The van der Waals surface area contributed by atoms with Crippen molar-refractivity contribution >= 4 is 34.8 Å². The molecule has 1 saturated heterocycles. The minimum atomic E-state index is -0.839. The van der Waals surface area contributed by atoms with Crippen LogP contribution in [0.4, 0.5) is 10.6 Å². The first-order chi connectivity index (χ1) is 15.1. The molecule has 3 N–H and O–H groups in total. The predicted octanol–water partition coefficient (Wildman–Crippen LogP) is 3.07. The van der Waals surface area contributed by atoms with Crippen molar-refractivity contribution in [3.05, 3.63) is 24.5 Å². The summed E-state index contributed by atoms with van der Waals surface area (Å²) in [6, 6.07) is 5.80. The number of hydrogen-bond donors (Lipinski definition) is 2. The lowest BCUT2D eigenvalue weighted by Crippen LogP contribution is -2.37. The zero-order chi connectivity index (χ0) is 21.4. The highest BCUT2D eigenvalue weighted by molar-refractivity contribution is 7.99. The van der Waals surface area contributed by atoms with Crippen LogP contribution in [0, 0.1) is 5.92 Å². The van der Waals surface area contributed by atoms with Crippen LogP contribution in [0.2, 0.25) is 0 Å². The van der Waals surface area contributed by atoms with E-state index in [1.54, 1.807) is 0 Å². The lowest BCUT2D eigenvalue weighted by atomic mass is 9.94. The van der Waals surface area contributed by atoms with Crippen molar-refractivity contribution in [2.24, 2.45) is 5.92 Å². The van der Waals surface area contributed by atoms with Gasteiger partial charge in [-0.25, -0.2) is 19.7 Å². The van der Waals surface area contributed by atoms with Crippen LogP contribution in [-0.2, 0) is 6.54 Å². The van der Waals surface area contributed by atoms with Gasteiger partial charge in [0.25, 0.3) is 0 Å². The second-order valence-corrected chi connectivity index (χ2v) is 8.64. The van der Waals surface area contributed by atoms with Crippen LogP contribution in [0.3, 0.4) is 0 Å². The number of nitrogens with two attached hydrogens (primary N) is 1. The van der Waals surface area contributed by atoms with Crippen molar-refractivity contribution in [2.75, 3.05) is 25.6 Å². The Labute approximate surface area is 182 Å². The molecular weight excluding hydrogens is 420 g/mol. The van der Waals surface area contributed by atoms with E-state index in [0.717, 1.165) is 47.4 Å². The Morgan fingerprint density at radius 3 is 2.84 bits per heavy atom. The number of piperidine rings is 1. The van der Waals surface area contributed by atoms with E-state index < -0.39 is 6.09 Å². The standard InChI is InChI=1S/C20H22N6O4S/c21-17-16-18(23-10-22-17)26(8-5-12-3-6-25(7-4-12)20(27)28)19(24-16)31-13-1-2-14-15(9-13)30-11-29-14/h1-2,9-10,12H,3-8,11H2,(H,27,28)(H2,21,22,23). The molecule has 1 amide bonds. The van der Waals surface area contributed by atoms with E-state index in [1.807, 2.05) is 18.2 Å². The van der Waals surface area contributed by atoms with Gasteiger partial charge >= 0.3 is 6.09 Å². The highest BCUT2D eigenvalue weighted by atomic mass is 32.2. The first kappa shape index (κ1) is 19.7. The van der Waals surface area contributed by atoms with Crippen LogP contribution < -0.4 is 15.2 Å². The van der Waals surface area contributed by atoms with Gasteiger partial charge in [-0.2, -0.15) is 0 Å². The summed E-state index contributed by atoms with van der Waals surface area (Å²) in [6.45, 7) is 2.11. The quantitative estimate of drug-likeness (QED) is 0.612. The van der Waals surface area contributed by atoms with Crippen molar-refractivity contribution < 1.29 is 19.4 Å². The van der Waals surface area contributed by atoms with Crippen LogP contribution >= 0.6 is 11.8 Å². The molecule has 0 atom stereocenters. The molecule has 2 aromatic heterocycles. The van der Waals surface area contributed by atoms with E-state index >= 15 is 0 Å². The van der Waals surface area contributed by atoms with Crippen molar-refractivity contribution in [1.82, 2.24) is 24.4 Å². The number of likely N-dealkylation sites (tertiary alicyclic amines) is 1. The van der Waals surface area contributed by atoms with E-state index in [0.29, 0.717) is 36.0 Å². The third kappa shape index (κ3) is 3.92. The summed E-state index contributed by atoms with van der Waals surface area (Å²) in [7, 11) is 0. The number of carbonyl (C=O) groups is 1. The van der Waals surface area contributed by atoms with E-state index in [2.05, 4.69) is 14.5 Å². The highest BCUT2D eigenvalue weighted by Crippen LogP contribution is 2.38. The molecule has 0 aliphatic carbocycles. The summed E-state index contributed by atoms with van der Waals surface area (Å²) in [4.78, 5) is 26.8. The predicted molar refractivity (Wildman–Crippen MR) is 113 cm³/mol. The Kier molecular flexibility index (Phi) is 5.18. The number of imidazole rings is 1. The number of hydrogen-bond acceptors (Lipinski definition) is 8.